The molecule has 4 N–H and O–H groups in total. The van der Waals surface area contributed by atoms with Crippen LogP contribution < -0.4 is 16.0 Å². The number of rotatable bonds is 6. The molecule has 0 radical (unpaired) electrons. The molecule has 10 heteroatoms. The van der Waals surface area contributed by atoms with Gasteiger partial charge in [0.25, 0.3) is 0 Å². The molecule has 1 aliphatic heterocycles. The van der Waals surface area contributed by atoms with Crippen molar-refractivity contribution < 1.29 is 14.3 Å². The van der Waals surface area contributed by atoms with Gasteiger partial charge in [-0.3, -0.25) is 0 Å². The molecule has 0 aromatic carbocycles. The van der Waals surface area contributed by atoms with Crippen LogP contribution in [0.2, 0.25) is 0 Å². The zero-order valence-corrected chi connectivity index (χ0v) is 15.0. The van der Waals surface area contributed by atoms with Crippen molar-refractivity contribution >= 4 is 23.3 Å². The van der Waals surface area contributed by atoms with E-state index >= 15 is 0 Å². The molecular weight excluding hydrogens is 365 g/mol. The van der Waals surface area contributed by atoms with E-state index in [-0.39, 0.29) is 17.3 Å². The van der Waals surface area contributed by atoms with Crippen LogP contribution in [0.25, 0.3) is 5.65 Å². The minimum absolute atomic E-state index is 0.0373. The monoisotopic (exact) mass is 385 g/mol. The second-order valence-corrected chi connectivity index (χ2v) is 6.58. The summed E-state index contributed by atoms with van der Waals surface area (Å²) in [6, 6.07) is 3.13. The van der Waals surface area contributed by atoms with Crippen molar-refractivity contribution in [3.05, 3.63) is 47.7 Å². The molecule has 0 aliphatic carbocycles. The van der Waals surface area contributed by atoms with Crippen molar-refractivity contribution in [1.82, 2.24) is 19.6 Å². The SMILES string of the molecule is NCCNc1ncc(F)cc1C1CCCN1c1ccn2ncc(C(=O)O)c2n1. The van der Waals surface area contributed by atoms with Crippen molar-refractivity contribution in [2.24, 2.45) is 5.73 Å². The summed E-state index contributed by atoms with van der Waals surface area (Å²) in [4.78, 5) is 22.2. The Morgan fingerprint density at radius 2 is 2.29 bits per heavy atom. The molecule has 0 spiro atoms. The van der Waals surface area contributed by atoms with Crippen LogP contribution in [0.15, 0.2) is 30.7 Å². The topological polar surface area (TPSA) is 122 Å². The molecule has 3 aromatic rings. The van der Waals surface area contributed by atoms with Crippen molar-refractivity contribution in [3.8, 4) is 0 Å². The second kappa shape index (κ2) is 7.39. The zero-order valence-electron chi connectivity index (χ0n) is 15.0. The van der Waals surface area contributed by atoms with Crippen molar-refractivity contribution in [2.45, 2.75) is 18.9 Å². The average molecular weight is 385 g/mol. The molecule has 4 rings (SSSR count). The number of fused-ring (bicyclic) bond motifs is 1. The van der Waals surface area contributed by atoms with E-state index in [4.69, 9.17) is 5.73 Å². The fraction of sp³-hybridized carbons (Fsp3) is 0.333. The van der Waals surface area contributed by atoms with Gasteiger partial charge >= 0.3 is 5.97 Å². The number of carboxylic acids is 1. The molecule has 3 aromatic heterocycles. The third-order valence-electron chi connectivity index (χ3n) is 4.81. The first-order valence-corrected chi connectivity index (χ1v) is 9.02. The Kier molecular flexibility index (Phi) is 4.78. The average Bonchev–Trinajstić information content (AvgIpc) is 3.33. The molecule has 1 unspecified atom stereocenters. The van der Waals surface area contributed by atoms with Crippen LogP contribution in [0.4, 0.5) is 16.0 Å². The highest BCUT2D eigenvalue weighted by Crippen LogP contribution is 2.38. The number of aromatic nitrogens is 4. The van der Waals surface area contributed by atoms with E-state index in [1.54, 1.807) is 12.3 Å². The predicted octanol–water partition coefficient (Wildman–Crippen LogP) is 1.67. The third-order valence-corrected chi connectivity index (χ3v) is 4.81. The molecule has 9 nitrogen and oxygen atoms in total. The lowest BCUT2D eigenvalue weighted by atomic mass is 10.0. The Labute approximate surface area is 160 Å². The quantitative estimate of drug-likeness (QED) is 0.586. The molecule has 146 valence electrons. The first-order valence-electron chi connectivity index (χ1n) is 9.02. The number of halogens is 1. The lowest BCUT2D eigenvalue weighted by molar-refractivity contribution is 0.0698. The van der Waals surface area contributed by atoms with Crippen LogP contribution in [0.5, 0.6) is 0 Å². The van der Waals surface area contributed by atoms with E-state index < -0.39 is 11.8 Å². The Morgan fingerprint density at radius 3 is 3.07 bits per heavy atom. The Hall–Kier alpha value is -3.27. The summed E-state index contributed by atoms with van der Waals surface area (Å²) in [5.41, 5.74) is 6.61. The van der Waals surface area contributed by atoms with Gasteiger partial charge in [0, 0.05) is 31.4 Å². The van der Waals surface area contributed by atoms with Crippen LogP contribution >= 0.6 is 0 Å². The number of carboxylic acid groups (broad SMARTS) is 1. The minimum Gasteiger partial charge on any atom is -0.477 e. The fourth-order valence-corrected chi connectivity index (χ4v) is 3.58. The molecule has 1 aliphatic rings. The normalized spacial score (nSPS) is 16.6. The van der Waals surface area contributed by atoms with Gasteiger partial charge in [-0.25, -0.2) is 23.7 Å². The molecular formula is C18H20FN7O2. The molecule has 4 heterocycles. The highest BCUT2D eigenvalue weighted by atomic mass is 19.1. The van der Waals surface area contributed by atoms with Gasteiger partial charge in [-0.15, -0.1) is 0 Å². The molecule has 1 atom stereocenters. The summed E-state index contributed by atoms with van der Waals surface area (Å²) in [7, 11) is 0. The van der Waals surface area contributed by atoms with E-state index in [0.717, 1.165) is 24.9 Å². The van der Waals surface area contributed by atoms with Gasteiger partial charge < -0.3 is 21.1 Å². The number of hydrogen-bond acceptors (Lipinski definition) is 7. The molecule has 28 heavy (non-hydrogen) atoms. The summed E-state index contributed by atoms with van der Waals surface area (Å²) in [5.74, 6) is -0.278. The first-order chi connectivity index (χ1) is 13.6. The summed E-state index contributed by atoms with van der Waals surface area (Å²) < 4.78 is 15.4. The largest absolute Gasteiger partial charge is 0.477 e. The standard InChI is InChI=1S/C18H20FN7O2/c19-11-8-12(16(22-9-11)21-5-4-20)14-2-1-6-25(14)15-3-7-26-17(24-15)13(10-23-26)18(27)28/h3,7-10,14H,1-2,4-6,20H2,(H,21,22)(H,27,28). The van der Waals surface area contributed by atoms with Crippen LogP contribution in [-0.4, -0.2) is 50.3 Å². The van der Waals surface area contributed by atoms with Crippen LogP contribution in [0.1, 0.15) is 34.8 Å². The minimum atomic E-state index is -1.08. The molecule has 0 bridgehead atoms. The number of nitrogens with one attached hydrogen (secondary N) is 1. The van der Waals surface area contributed by atoms with E-state index in [2.05, 4.69) is 20.4 Å². The van der Waals surface area contributed by atoms with Gasteiger partial charge in [0.05, 0.1) is 18.4 Å². The number of hydrogen-bond donors (Lipinski definition) is 3. The van der Waals surface area contributed by atoms with Crippen molar-refractivity contribution in [2.75, 3.05) is 29.9 Å². The number of nitrogens with two attached hydrogens (primary N) is 1. The Balaban J connectivity index is 1.73. The Morgan fingerprint density at radius 1 is 1.43 bits per heavy atom. The van der Waals surface area contributed by atoms with Crippen LogP contribution in [0.3, 0.4) is 0 Å². The van der Waals surface area contributed by atoms with Gasteiger partial charge in [-0.2, -0.15) is 5.10 Å². The van der Waals surface area contributed by atoms with Gasteiger partial charge in [0.1, 0.15) is 23.0 Å². The van der Waals surface area contributed by atoms with Crippen LogP contribution in [0, 0.1) is 5.82 Å². The summed E-state index contributed by atoms with van der Waals surface area (Å²) in [6.07, 6.45) is 5.84. The smallest absolute Gasteiger partial charge is 0.341 e. The summed E-state index contributed by atoms with van der Waals surface area (Å²) >= 11 is 0. The molecule has 1 saturated heterocycles. The number of anilines is 2. The lowest BCUT2D eigenvalue weighted by Crippen LogP contribution is -2.25. The van der Waals surface area contributed by atoms with Gasteiger partial charge in [-0.1, -0.05) is 0 Å². The third kappa shape index (κ3) is 3.22. The number of carbonyl (C=O) groups is 1. The molecule has 1 fully saturated rings. The second-order valence-electron chi connectivity index (χ2n) is 6.58. The van der Waals surface area contributed by atoms with Crippen LogP contribution in [-0.2, 0) is 0 Å². The lowest BCUT2D eigenvalue weighted by Gasteiger charge is -2.27. The summed E-state index contributed by atoms with van der Waals surface area (Å²) in [6.45, 7) is 1.68. The van der Waals surface area contributed by atoms with Crippen molar-refractivity contribution in [1.29, 1.82) is 0 Å². The maximum Gasteiger partial charge on any atom is 0.341 e. The predicted molar refractivity (Wildman–Crippen MR) is 101 cm³/mol. The maximum absolute atomic E-state index is 13.9. The number of pyridine rings is 1. The number of nitrogens with zero attached hydrogens (tertiary/aromatic N) is 5. The van der Waals surface area contributed by atoms with E-state index in [9.17, 15) is 14.3 Å². The van der Waals surface area contributed by atoms with Gasteiger partial charge in [0.2, 0.25) is 0 Å². The summed E-state index contributed by atoms with van der Waals surface area (Å²) in [5, 5.41) is 16.5. The zero-order chi connectivity index (χ0) is 19.7. The maximum atomic E-state index is 13.9. The van der Waals surface area contributed by atoms with Crippen molar-refractivity contribution in [3.63, 3.8) is 0 Å². The highest BCUT2D eigenvalue weighted by molar-refractivity contribution is 5.94. The van der Waals surface area contributed by atoms with Gasteiger partial charge in [0.15, 0.2) is 5.65 Å². The molecule has 0 saturated carbocycles. The highest BCUT2D eigenvalue weighted by Gasteiger charge is 2.30. The van der Waals surface area contributed by atoms with E-state index in [1.165, 1.54) is 23.0 Å². The van der Waals surface area contributed by atoms with Gasteiger partial charge in [-0.05, 0) is 25.0 Å². The van der Waals surface area contributed by atoms with E-state index in [1.807, 2.05) is 4.90 Å². The van der Waals surface area contributed by atoms with E-state index in [0.29, 0.717) is 24.7 Å². The fourth-order valence-electron chi connectivity index (χ4n) is 3.58. The number of aromatic carboxylic acids is 1. The first kappa shape index (κ1) is 18.1. The molecule has 0 amide bonds. The Bertz CT molecular complexity index is 1020.